The molecule has 1 aliphatic heterocycles. The van der Waals surface area contributed by atoms with Crippen molar-refractivity contribution in [3.8, 4) is 11.5 Å². The lowest BCUT2D eigenvalue weighted by Crippen LogP contribution is -2.31. The van der Waals surface area contributed by atoms with Crippen molar-refractivity contribution in [2.24, 2.45) is 0 Å². The lowest BCUT2D eigenvalue weighted by atomic mass is 10.2. The standard InChI is InChI=1S/C21H26N2O5S/c1-16-14-19(29(25,26)23-12-4-5-13-23)10-11-20(16)28-15-21(24)22(2)17-6-8-18(27-3)9-7-17/h6-11,14H,4-5,12-13,15H2,1-3H3. The maximum atomic E-state index is 12.7. The molecule has 1 fully saturated rings. The molecule has 29 heavy (non-hydrogen) atoms. The largest absolute Gasteiger partial charge is 0.497 e. The quantitative estimate of drug-likeness (QED) is 0.691. The molecule has 3 rings (SSSR count). The lowest BCUT2D eigenvalue weighted by Gasteiger charge is -2.19. The van der Waals surface area contributed by atoms with Crippen LogP contribution in [0.25, 0.3) is 0 Å². The first-order valence-corrected chi connectivity index (χ1v) is 10.9. The molecule has 7 nitrogen and oxygen atoms in total. The van der Waals surface area contributed by atoms with Crippen molar-refractivity contribution in [1.29, 1.82) is 0 Å². The second kappa shape index (κ2) is 8.84. The van der Waals surface area contributed by atoms with Crippen LogP contribution in [0.2, 0.25) is 0 Å². The summed E-state index contributed by atoms with van der Waals surface area (Å²) in [5, 5.41) is 0. The molecular weight excluding hydrogens is 392 g/mol. The van der Waals surface area contributed by atoms with Crippen molar-refractivity contribution in [2.75, 3.05) is 38.8 Å². The number of sulfonamides is 1. The summed E-state index contributed by atoms with van der Waals surface area (Å²) < 4.78 is 37.6. The topological polar surface area (TPSA) is 76.1 Å². The van der Waals surface area contributed by atoms with E-state index in [1.165, 1.54) is 15.3 Å². The second-order valence-corrected chi connectivity index (χ2v) is 8.92. The van der Waals surface area contributed by atoms with Crippen LogP contribution in [0, 0.1) is 6.92 Å². The molecule has 8 heteroatoms. The molecule has 1 aliphatic rings. The van der Waals surface area contributed by atoms with Crippen LogP contribution in [0.4, 0.5) is 5.69 Å². The monoisotopic (exact) mass is 418 g/mol. The smallest absolute Gasteiger partial charge is 0.264 e. The van der Waals surface area contributed by atoms with E-state index in [1.54, 1.807) is 57.5 Å². The van der Waals surface area contributed by atoms with Crippen molar-refractivity contribution >= 4 is 21.6 Å². The Hall–Kier alpha value is -2.58. The summed E-state index contributed by atoms with van der Waals surface area (Å²) in [6, 6.07) is 11.9. The van der Waals surface area contributed by atoms with Crippen LogP contribution in [-0.2, 0) is 14.8 Å². The molecule has 2 aromatic rings. The van der Waals surface area contributed by atoms with Gasteiger partial charge in [0.1, 0.15) is 11.5 Å². The highest BCUT2D eigenvalue weighted by Gasteiger charge is 2.27. The fourth-order valence-electron chi connectivity index (χ4n) is 3.21. The van der Waals surface area contributed by atoms with Gasteiger partial charge in [0.05, 0.1) is 12.0 Å². The molecule has 0 bridgehead atoms. The molecule has 1 amide bonds. The van der Waals surface area contributed by atoms with E-state index in [-0.39, 0.29) is 17.4 Å². The van der Waals surface area contributed by atoms with Gasteiger partial charge in [-0.1, -0.05) is 0 Å². The summed E-state index contributed by atoms with van der Waals surface area (Å²) in [5.41, 5.74) is 1.40. The Morgan fingerprint density at radius 3 is 2.34 bits per heavy atom. The second-order valence-electron chi connectivity index (χ2n) is 6.98. The van der Waals surface area contributed by atoms with Crippen LogP contribution in [0.5, 0.6) is 11.5 Å². The van der Waals surface area contributed by atoms with E-state index < -0.39 is 10.0 Å². The summed E-state index contributed by atoms with van der Waals surface area (Å²) in [6.07, 6.45) is 1.78. The van der Waals surface area contributed by atoms with Gasteiger partial charge in [-0.05, 0) is 67.8 Å². The number of amides is 1. The Morgan fingerprint density at radius 2 is 1.76 bits per heavy atom. The SMILES string of the molecule is COc1ccc(N(C)C(=O)COc2ccc(S(=O)(=O)N3CCCC3)cc2C)cc1. The molecule has 0 unspecified atom stereocenters. The summed E-state index contributed by atoms with van der Waals surface area (Å²) in [5.74, 6) is 0.982. The van der Waals surface area contributed by atoms with Gasteiger partial charge in [0.25, 0.3) is 5.91 Å². The van der Waals surface area contributed by atoms with Crippen LogP contribution in [0.3, 0.4) is 0 Å². The van der Waals surface area contributed by atoms with E-state index in [2.05, 4.69) is 0 Å². The number of benzene rings is 2. The lowest BCUT2D eigenvalue weighted by molar-refractivity contribution is -0.120. The number of hydrogen-bond donors (Lipinski definition) is 0. The number of anilines is 1. The van der Waals surface area contributed by atoms with E-state index in [1.807, 2.05) is 0 Å². The molecule has 1 heterocycles. The molecule has 0 radical (unpaired) electrons. The Kier molecular flexibility index (Phi) is 6.44. The normalized spacial score (nSPS) is 14.6. The number of nitrogens with zero attached hydrogens (tertiary/aromatic N) is 2. The minimum absolute atomic E-state index is 0.151. The molecule has 1 saturated heterocycles. The van der Waals surface area contributed by atoms with Crippen LogP contribution >= 0.6 is 0 Å². The van der Waals surface area contributed by atoms with Gasteiger partial charge in [-0.3, -0.25) is 4.79 Å². The first kappa shape index (κ1) is 21.1. The predicted octanol–water partition coefficient (Wildman–Crippen LogP) is 2.83. The number of rotatable bonds is 7. The number of hydrogen-bond acceptors (Lipinski definition) is 5. The van der Waals surface area contributed by atoms with Crippen molar-refractivity contribution in [3.05, 3.63) is 48.0 Å². The zero-order chi connectivity index (χ0) is 21.0. The third-order valence-corrected chi connectivity index (χ3v) is 6.93. The summed E-state index contributed by atoms with van der Waals surface area (Å²) in [6.45, 7) is 2.75. The van der Waals surface area contributed by atoms with Crippen LogP contribution < -0.4 is 14.4 Å². The minimum atomic E-state index is -3.47. The average Bonchev–Trinajstić information content (AvgIpc) is 3.28. The van der Waals surface area contributed by atoms with Gasteiger partial charge < -0.3 is 14.4 Å². The van der Waals surface area contributed by atoms with E-state index in [0.717, 1.165) is 18.5 Å². The zero-order valence-electron chi connectivity index (χ0n) is 16.9. The molecular formula is C21H26N2O5S. The number of methoxy groups -OCH3 is 1. The van der Waals surface area contributed by atoms with Gasteiger partial charge in [-0.15, -0.1) is 0 Å². The van der Waals surface area contributed by atoms with Crippen LogP contribution in [0.1, 0.15) is 18.4 Å². The maximum Gasteiger partial charge on any atom is 0.264 e. The highest BCUT2D eigenvalue weighted by atomic mass is 32.2. The van der Waals surface area contributed by atoms with Crippen LogP contribution in [0.15, 0.2) is 47.4 Å². The summed E-state index contributed by atoms with van der Waals surface area (Å²) >= 11 is 0. The van der Waals surface area contributed by atoms with Crippen molar-refractivity contribution in [1.82, 2.24) is 4.31 Å². The molecule has 0 N–H and O–H groups in total. The molecule has 0 saturated carbocycles. The average molecular weight is 419 g/mol. The van der Waals surface area contributed by atoms with Gasteiger partial charge in [-0.25, -0.2) is 8.42 Å². The number of carbonyl (C=O) groups excluding carboxylic acids is 1. The third-order valence-electron chi connectivity index (χ3n) is 5.03. The van der Waals surface area contributed by atoms with Crippen molar-refractivity contribution < 1.29 is 22.7 Å². The molecule has 0 aliphatic carbocycles. The molecule has 156 valence electrons. The highest BCUT2D eigenvalue weighted by molar-refractivity contribution is 7.89. The van der Waals surface area contributed by atoms with E-state index in [9.17, 15) is 13.2 Å². The van der Waals surface area contributed by atoms with Gasteiger partial charge in [-0.2, -0.15) is 4.31 Å². The Balaban J connectivity index is 1.65. The van der Waals surface area contributed by atoms with Crippen molar-refractivity contribution in [3.63, 3.8) is 0 Å². The minimum Gasteiger partial charge on any atom is -0.497 e. The van der Waals surface area contributed by atoms with E-state index in [4.69, 9.17) is 9.47 Å². The number of carbonyl (C=O) groups is 1. The molecule has 0 spiro atoms. The predicted molar refractivity (Wildman–Crippen MR) is 111 cm³/mol. The Morgan fingerprint density at radius 1 is 1.10 bits per heavy atom. The number of likely N-dealkylation sites (N-methyl/N-ethyl adjacent to an activating group) is 1. The fourth-order valence-corrected chi connectivity index (χ4v) is 4.81. The Labute approximate surface area is 171 Å². The highest BCUT2D eigenvalue weighted by Crippen LogP contribution is 2.26. The van der Waals surface area contributed by atoms with E-state index in [0.29, 0.717) is 30.2 Å². The first-order valence-electron chi connectivity index (χ1n) is 9.47. The molecule has 0 atom stereocenters. The van der Waals surface area contributed by atoms with Crippen LogP contribution in [-0.4, -0.2) is 52.5 Å². The molecule has 0 aromatic heterocycles. The summed E-state index contributed by atoms with van der Waals surface area (Å²) in [4.78, 5) is 14.2. The zero-order valence-corrected chi connectivity index (χ0v) is 17.7. The van der Waals surface area contributed by atoms with Gasteiger partial charge in [0.15, 0.2) is 6.61 Å². The first-order chi connectivity index (χ1) is 13.8. The third kappa shape index (κ3) is 4.71. The van der Waals surface area contributed by atoms with Gasteiger partial charge in [0.2, 0.25) is 10.0 Å². The maximum absolute atomic E-state index is 12.7. The summed E-state index contributed by atoms with van der Waals surface area (Å²) in [7, 11) is -0.214. The van der Waals surface area contributed by atoms with Gasteiger partial charge in [0, 0.05) is 25.8 Å². The number of aryl methyl sites for hydroxylation is 1. The number of ether oxygens (including phenoxy) is 2. The van der Waals surface area contributed by atoms with Gasteiger partial charge >= 0.3 is 0 Å². The van der Waals surface area contributed by atoms with E-state index >= 15 is 0 Å². The fraction of sp³-hybridized carbons (Fsp3) is 0.381. The molecule has 2 aromatic carbocycles. The van der Waals surface area contributed by atoms with Crippen molar-refractivity contribution in [2.45, 2.75) is 24.7 Å². The Bertz CT molecular complexity index is 967.